The minimum Gasteiger partial charge on any atom is -0.395 e. The highest BCUT2D eigenvalue weighted by atomic mass is 35.5. The minimum absolute atomic E-state index is 0.0283. The van der Waals surface area contributed by atoms with E-state index in [1.54, 1.807) is 13.0 Å². The molecule has 35 heavy (non-hydrogen) atoms. The molecule has 4 N–H and O–H groups in total. The number of aliphatic hydroxyl groups is 1. The summed E-state index contributed by atoms with van der Waals surface area (Å²) in [6.07, 6.45) is 2.61. The fourth-order valence-electron chi connectivity index (χ4n) is 2.89. The van der Waals surface area contributed by atoms with E-state index in [1.165, 1.54) is 12.5 Å². The van der Waals surface area contributed by atoms with Crippen molar-refractivity contribution in [1.82, 2.24) is 30.5 Å². The standard InChI is InChI=1S/C21H24Cl2N8O3S/c1-10(28-19(34)15-14(22)17(24-5-6-32)27-9-26-15)20-25-8-12(35-20)18(33)29-13-7-11(21(2,3)4)16(23)31-30-13/h7-10,32H,5-6H2,1-4H3,(H,28,34)(H,24,26,27)(H,29,30,33). The third kappa shape index (κ3) is 6.60. The van der Waals surface area contributed by atoms with Gasteiger partial charge in [-0.1, -0.05) is 44.0 Å². The molecule has 14 heteroatoms. The molecule has 3 aromatic rings. The van der Waals surface area contributed by atoms with E-state index < -0.39 is 17.9 Å². The van der Waals surface area contributed by atoms with Gasteiger partial charge in [-0.05, 0) is 18.4 Å². The molecule has 0 fully saturated rings. The molecule has 0 aromatic carbocycles. The van der Waals surface area contributed by atoms with E-state index >= 15 is 0 Å². The van der Waals surface area contributed by atoms with Crippen molar-refractivity contribution in [1.29, 1.82) is 0 Å². The van der Waals surface area contributed by atoms with Crippen molar-refractivity contribution in [3.05, 3.63) is 49.9 Å². The van der Waals surface area contributed by atoms with Crippen LogP contribution in [0.15, 0.2) is 18.6 Å². The summed E-state index contributed by atoms with van der Waals surface area (Å²) in [6.45, 7) is 7.76. The highest BCUT2D eigenvalue weighted by molar-refractivity contribution is 7.13. The molecule has 2 amide bonds. The summed E-state index contributed by atoms with van der Waals surface area (Å²) in [5.41, 5.74) is 0.448. The largest absolute Gasteiger partial charge is 0.395 e. The van der Waals surface area contributed by atoms with E-state index in [0.717, 1.165) is 16.9 Å². The molecule has 0 aliphatic rings. The number of hydrogen-bond donors (Lipinski definition) is 4. The molecule has 3 aromatic heterocycles. The van der Waals surface area contributed by atoms with Gasteiger partial charge in [0.05, 0.1) is 18.8 Å². The summed E-state index contributed by atoms with van der Waals surface area (Å²) < 4.78 is 0. The van der Waals surface area contributed by atoms with Gasteiger partial charge in [0.15, 0.2) is 16.7 Å². The first kappa shape index (κ1) is 26.7. The normalized spacial score (nSPS) is 12.2. The Hall–Kier alpha value is -2.93. The average molecular weight is 539 g/mol. The molecule has 0 spiro atoms. The summed E-state index contributed by atoms with van der Waals surface area (Å²) in [4.78, 5) is 37.9. The van der Waals surface area contributed by atoms with Gasteiger partial charge in [0.2, 0.25) is 0 Å². The Labute approximate surface area is 215 Å². The van der Waals surface area contributed by atoms with E-state index in [9.17, 15) is 9.59 Å². The molecule has 0 bridgehead atoms. The van der Waals surface area contributed by atoms with Gasteiger partial charge < -0.3 is 21.1 Å². The highest BCUT2D eigenvalue weighted by Gasteiger charge is 2.23. The summed E-state index contributed by atoms with van der Waals surface area (Å²) >= 11 is 13.5. The molecule has 0 saturated heterocycles. The van der Waals surface area contributed by atoms with Crippen LogP contribution in [-0.2, 0) is 5.41 Å². The van der Waals surface area contributed by atoms with Crippen LogP contribution in [0.3, 0.4) is 0 Å². The van der Waals surface area contributed by atoms with Gasteiger partial charge in [0.1, 0.15) is 27.1 Å². The molecule has 3 rings (SSSR count). The van der Waals surface area contributed by atoms with Crippen molar-refractivity contribution in [3.63, 3.8) is 0 Å². The summed E-state index contributed by atoms with van der Waals surface area (Å²) in [5, 5.41) is 25.9. The lowest BCUT2D eigenvalue weighted by Crippen LogP contribution is -2.28. The van der Waals surface area contributed by atoms with Crippen molar-refractivity contribution in [3.8, 4) is 0 Å². The second kappa shape index (κ2) is 11.2. The van der Waals surface area contributed by atoms with Gasteiger partial charge in [-0.3, -0.25) is 9.59 Å². The van der Waals surface area contributed by atoms with Gasteiger partial charge in [-0.15, -0.1) is 21.5 Å². The molecule has 0 saturated carbocycles. The molecule has 1 unspecified atom stereocenters. The average Bonchev–Trinajstić information content (AvgIpc) is 3.29. The summed E-state index contributed by atoms with van der Waals surface area (Å²) in [7, 11) is 0. The monoisotopic (exact) mass is 538 g/mol. The number of carbonyl (C=O) groups is 2. The van der Waals surface area contributed by atoms with Gasteiger partial charge in [0, 0.05) is 12.1 Å². The molecule has 0 radical (unpaired) electrons. The zero-order valence-corrected chi connectivity index (χ0v) is 21.7. The molecule has 0 aliphatic carbocycles. The first-order valence-electron chi connectivity index (χ1n) is 10.5. The van der Waals surface area contributed by atoms with Crippen molar-refractivity contribution in [2.75, 3.05) is 23.8 Å². The molecular formula is C21H24Cl2N8O3S. The van der Waals surface area contributed by atoms with Crippen LogP contribution in [0, 0.1) is 0 Å². The first-order valence-corrected chi connectivity index (χ1v) is 12.1. The lowest BCUT2D eigenvalue weighted by Gasteiger charge is -2.20. The topological polar surface area (TPSA) is 155 Å². The van der Waals surface area contributed by atoms with Crippen molar-refractivity contribution >= 4 is 58.0 Å². The van der Waals surface area contributed by atoms with Crippen LogP contribution >= 0.6 is 34.5 Å². The number of rotatable bonds is 8. The number of anilines is 2. The predicted octanol–water partition coefficient (Wildman–Crippen LogP) is 3.47. The second-order valence-electron chi connectivity index (χ2n) is 8.43. The van der Waals surface area contributed by atoms with Gasteiger partial charge >= 0.3 is 0 Å². The van der Waals surface area contributed by atoms with Gasteiger partial charge in [-0.2, -0.15) is 0 Å². The maximum absolute atomic E-state index is 12.7. The number of amides is 2. The maximum Gasteiger partial charge on any atom is 0.272 e. The fraction of sp³-hybridized carbons (Fsp3) is 0.381. The van der Waals surface area contributed by atoms with E-state index in [4.69, 9.17) is 28.3 Å². The van der Waals surface area contributed by atoms with E-state index in [1.807, 2.05) is 20.8 Å². The van der Waals surface area contributed by atoms with Gasteiger partial charge in [0.25, 0.3) is 11.8 Å². The Morgan fingerprint density at radius 2 is 1.89 bits per heavy atom. The molecule has 186 valence electrons. The van der Waals surface area contributed by atoms with Crippen molar-refractivity contribution in [2.24, 2.45) is 0 Å². The van der Waals surface area contributed by atoms with Crippen molar-refractivity contribution < 1.29 is 14.7 Å². The van der Waals surface area contributed by atoms with Crippen LogP contribution in [0.5, 0.6) is 0 Å². The van der Waals surface area contributed by atoms with Crippen LogP contribution < -0.4 is 16.0 Å². The Kier molecular flexibility index (Phi) is 8.54. The van der Waals surface area contributed by atoms with E-state index in [0.29, 0.717) is 9.88 Å². The zero-order valence-electron chi connectivity index (χ0n) is 19.4. The van der Waals surface area contributed by atoms with E-state index in [-0.39, 0.29) is 46.1 Å². The second-order valence-corrected chi connectivity index (χ2v) is 10.2. The molecule has 11 nitrogen and oxygen atoms in total. The predicted molar refractivity (Wildman–Crippen MR) is 134 cm³/mol. The number of aromatic nitrogens is 5. The Morgan fingerprint density at radius 1 is 1.14 bits per heavy atom. The molecular weight excluding hydrogens is 515 g/mol. The highest BCUT2D eigenvalue weighted by Crippen LogP contribution is 2.29. The number of nitrogens with one attached hydrogen (secondary N) is 3. The zero-order chi connectivity index (χ0) is 25.8. The van der Waals surface area contributed by atoms with Crippen LogP contribution in [-0.4, -0.2) is 55.2 Å². The molecule has 0 aliphatic heterocycles. The van der Waals surface area contributed by atoms with Gasteiger partial charge in [-0.25, -0.2) is 15.0 Å². The van der Waals surface area contributed by atoms with Crippen LogP contribution in [0.4, 0.5) is 11.6 Å². The number of carbonyl (C=O) groups excluding carboxylic acids is 2. The third-order valence-electron chi connectivity index (χ3n) is 4.67. The number of halogens is 2. The minimum atomic E-state index is -0.538. The Balaban J connectivity index is 1.69. The lowest BCUT2D eigenvalue weighted by molar-refractivity contribution is 0.0934. The molecule has 1 atom stereocenters. The number of aliphatic hydroxyl groups excluding tert-OH is 1. The van der Waals surface area contributed by atoms with Crippen LogP contribution in [0.1, 0.15) is 64.5 Å². The van der Waals surface area contributed by atoms with Crippen LogP contribution in [0.2, 0.25) is 10.2 Å². The Bertz CT molecular complexity index is 1230. The summed E-state index contributed by atoms with van der Waals surface area (Å²) in [6, 6.07) is 1.16. The lowest BCUT2D eigenvalue weighted by atomic mass is 9.88. The Morgan fingerprint density at radius 3 is 2.57 bits per heavy atom. The fourth-order valence-corrected chi connectivity index (χ4v) is 4.33. The molecule has 3 heterocycles. The number of nitrogens with zero attached hydrogens (tertiary/aromatic N) is 5. The van der Waals surface area contributed by atoms with Crippen molar-refractivity contribution in [2.45, 2.75) is 39.2 Å². The maximum atomic E-state index is 12.7. The first-order chi connectivity index (χ1) is 16.5. The smallest absolute Gasteiger partial charge is 0.272 e. The quantitative estimate of drug-likeness (QED) is 0.337. The third-order valence-corrected chi connectivity index (χ3v) is 6.49. The van der Waals surface area contributed by atoms with Crippen LogP contribution in [0.25, 0.3) is 0 Å². The summed E-state index contributed by atoms with van der Waals surface area (Å²) in [5.74, 6) is -0.446. The van der Waals surface area contributed by atoms with E-state index in [2.05, 4.69) is 41.1 Å². The SMILES string of the molecule is CC(NC(=O)c1ncnc(NCCO)c1Cl)c1ncc(C(=O)Nc2cc(C(C)(C)C)c(Cl)nn2)s1. The number of thiazole rings is 1. The number of hydrogen-bond acceptors (Lipinski definition) is 10.